The van der Waals surface area contributed by atoms with E-state index in [9.17, 15) is 0 Å². The molecule has 0 spiro atoms. The van der Waals surface area contributed by atoms with E-state index < -0.39 is 0 Å². The average Bonchev–Trinajstić information content (AvgIpc) is 3.55. The van der Waals surface area contributed by atoms with Crippen molar-refractivity contribution in [1.82, 2.24) is 0 Å². The summed E-state index contributed by atoms with van der Waals surface area (Å²) in [5, 5.41) is 0. The van der Waals surface area contributed by atoms with E-state index in [0.717, 1.165) is 26.2 Å². The van der Waals surface area contributed by atoms with Crippen LogP contribution in [0.25, 0.3) is 0 Å². The highest BCUT2D eigenvalue weighted by Gasteiger charge is 2.39. The molecule has 2 heterocycles. The quantitative estimate of drug-likeness (QED) is 0.249. The molecular formula is C38H44N4. The van der Waals surface area contributed by atoms with Crippen molar-refractivity contribution in [3.8, 4) is 0 Å². The van der Waals surface area contributed by atoms with Crippen LogP contribution in [-0.4, -0.2) is 26.2 Å². The molecule has 4 aromatic rings. The van der Waals surface area contributed by atoms with Gasteiger partial charge in [0.1, 0.15) is 0 Å². The third-order valence-electron chi connectivity index (χ3n) is 8.66. The van der Waals surface area contributed by atoms with Crippen molar-refractivity contribution in [2.75, 3.05) is 45.8 Å². The van der Waals surface area contributed by atoms with Crippen molar-refractivity contribution >= 4 is 22.7 Å². The largest absolute Gasteiger partial charge is 0.323 e. The topological polar surface area (TPSA) is 13.0 Å². The summed E-state index contributed by atoms with van der Waals surface area (Å²) in [5.41, 5.74) is 15.5. The number of hydrogen-bond acceptors (Lipinski definition) is 4. The lowest BCUT2D eigenvalue weighted by Gasteiger charge is -2.35. The Kier molecular flexibility index (Phi) is 7.26. The highest BCUT2D eigenvalue weighted by Crippen LogP contribution is 2.42. The van der Waals surface area contributed by atoms with E-state index >= 15 is 0 Å². The van der Waals surface area contributed by atoms with Crippen LogP contribution in [0.1, 0.15) is 44.5 Å². The second-order valence-corrected chi connectivity index (χ2v) is 12.5. The fourth-order valence-electron chi connectivity index (χ4n) is 6.80. The molecule has 216 valence electrons. The third kappa shape index (κ3) is 5.15. The molecular weight excluding hydrogens is 512 g/mol. The van der Waals surface area contributed by atoms with E-state index in [4.69, 9.17) is 0 Å². The smallest absolute Gasteiger partial charge is 0.156 e. The number of nitrogens with zero attached hydrogens (tertiary/aromatic N) is 4. The van der Waals surface area contributed by atoms with E-state index in [0.29, 0.717) is 0 Å². The van der Waals surface area contributed by atoms with Crippen molar-refractivity contribution in [2.45, 2.75) is 55.4 Å². The molecule has 0 aromatic heterocycles. The van der Waals surface area contributed by atoms with Gasteiger partial charge in [-0.1, -0.05) is 36.4 Å². The zero-order valence-electron chi connectivity index (χ0n) is 26.5. The summed E-state index contributed by atoms with van der Waals surface area (Å²) in [6.45, 7) is 21.4. The van der Waals surface area contributed by atoms with Crippen molar-refractivity contribution in [1.29, 1.82) is 0 Å². The highest BCUT2D eigenvalue weighted by molar-refractivity contribution is 5.76. The van der Waals surface area contributed by atoms with Gasteiger partial charge in [-0.3, -0.25) is 0 Å². The number of benzene rings is 4. The Balaban J connectivity index is 1.67. The molecule has 2 saturated heterocycles. The molecule has 0 aliphatic carbocycles. The van der Waals surface area contributed by atoms with E-state index in [1.807, 2.05) is 0 Å². The van der Waals surface area contributed by atoms with Crippen molar-refractivity contribution in [3.63, 3.8) is 0 Å². The zero-order chi connectivity index (χ0) is 29.7. The van der Waals surface area contributed by atoms with Crippen molar-refractivity contribution < 1.29 is 0 Å². The molecule has 0 saturated carbocycles. The standard InChI is InChI=1S/C38H44N4/c1-25-9-11-31(7)35(23-25)41-15-13-39(33-19-27(3)17-28(4)20-33)37(41)38-40(34-21-29(5)18-30(6)22-34)14-16-42(38)36-24-26(2)10-12-32(36)8/h9-12,17-24H,13-16H2,1-8H3/b38-37-. The van der Waals surface area contributed by atoms with Crippen LogP contribution in [0.2, 0.25) is 0 Å². The van der Waals surface area contributed by atoms with E-state index in [1.165, 1.54) is 78.9 Å². The van der Waals surface area contributed by atoms with Crippen LogP contribution in [0, 0.1) is 55.4 Å². The molecule has 2 aliphatic rings. The van der Waals surface area contributed by atoms with Crippen LogP contribution in [0.15, 0.2) is 84.4 Å². The van der Waals surface area contributed by atoms with Gasteiger partial charge in [-0.2, -0.15) is 0 Å². The summed E-state index contributed by atoms with van der Waals surface area (Å²) in [6.07, 6.45) is 0. The molecule has 4 nitrogen and oxygen atoms in total. The first-order valence-corrected chi connectivity index (χ1v) is 15.2. The molecule has 4 aromatic carbocycles. The molecule has 0 N–H and O–H groups in total. The van der Waals surface area contributed by atoms with Gasteiger partial charge in [0, 0.05) is 48.9 Å². The van der Waals surface area contributed by atoms with Crippen LogP contribution < -0.4 is 19.6 Å². The predicted molar refractivity (Wildman–Crippen MR) is 180 cm³/mol. The lowest BCUT2D eigenvalue weighted by molar-refractivity contribution is 0.958. The maximum absolute atomic E-state index is 2.58. The summed E-state index contributed by atoms with van der Waals surface area (Å²) < 4.78 is 0. The maximum Gasteiger partial charge on any atom is 0.156 e. The molecule has 0 unspecified atom stereocenters. The van der Waals surface area contributed by atoms with Crippen molar-refractivity contribution in [2.24, 2.45) is 0 Å². The predicted octanol–water partition coefficient (Wildman–Crippen LogP) is 8.63. The Morgan fingerprint density at radius 1 is 0.357 bits per heavy atom. The molecule has 2 aliphatic heterocycles. The van der Waals surface area contributed by atoms with Crippen molar-refractivity contribution in [3.05, 3.63) is 129 Å². The summed E-state index contributed by atoms with van der Waals surface area (Å²) >= 11 is 0. The van der Waals surface area contributed by atoms with Gasteiger partial charge in [-0.25, -0.2) is 0 Å². The maximum atomic E-state index is 2.58. The molecule has 0 amide bonds. The van der Waals surface area contributed by atoms with E-state index in [-0.39, 0.29) is 0 Å². The van der Waals surface area contributed by atoms with Crippen LogP contribution in [0.3, 0.4) is 0 Å². The Labute approximate surface area is 252 Å². The SMILES string of the molecule is Cc1cc(C)cc(N2CCN(c3cc(C)ccc3C)/C2=C2/N(c3cc(C)cc(C)c3)CCN2c2cc(C)ccc2C)c1. The summed E-state index contributed by atoms with van der Waals surface area (Å²) in [6, 6.07) is 27.6. The molecule has 4 heteroatoms. The molecule has 42 heavy (non-hydrogen) atoms. The fourth-order valence-corrected chi connectivity index (χ4v) is 6.80. The lowest BCUT2D eigenvalue weighted by atomic mass is 10.1. The minimum Gasteiger partial charge on any atom is -0.323 e. The van der Waals surface area contributed by atoms with Crippen LogP contribution in [-0.2, 0) is 0 Å². The van der Waals surface area contributed by atoms with Gasteiger partial charge in [0.15, 0.2) is 11.6 Å². The number of rotatable bonds is 4. The molecule has 0 atom stereocenters. The zero-order valence-corrected chi connectivity index (χ0v) is 26.5. The fraction of sp³-hybridized carbons (Fsp3) is 0.316. The second kappa shape index (κ2) is 10.9. The van der Waals surface area contributed by atoms with Gasteiger partial charge in [-0.05, 0) is 136 Å². The number of anilines is 4. The van der Waals surface area contributed by atoms with E-state index in [2.05, 4.69) is 148 Å². The number of aryl methyl sites for hydroxylation is 8. The molecule has 6 rings (SSSR count). The molecule has 0 radical (unpaired) electrons. The summed E-state index contributed by atoms with van der Waals surface area (Å²) in [7, 11) is 0. The van der Waals surface area contributed by atoms with Gasteiger partial charge in [0.2, 0.25) is 0 Å². The monoisotopic (exact) mass is 556 g/mol. The Morgan fingerprint density at radius 3 is 1.05 bits per heavy atom. The second-order valence-electron chi connectivity index (χ2n) is 12.5. The molecule has 0 bridgehead atoms. The number of hydrogen-bond donors (Lipinski definition) is 0. The van der Waals surface area contributed by atoms with Gasteiger partial charge in [0.05, 0.1) is 0 Å². The lowest BCUT2D eigenvalue weighted by Crippen LogP contribution is -2.35. The first-order valence-electron chi connectivity index (χ1n) is 15.2. The minimum absolute atomic E-state index is 0.927. The Bertz CT molecular complexity index is 1530. The van der Waals surface area contributed by atoms with Gasteiger partial charge < -0.3 is 19.6 Å². The van der Waals surface area contributed by atoms with E-state index in [1.54, 1.807) is 0 Å². The van der Waals surface area contributed by atoms with Gasteiger partial charge in [-0.15, -0.1) is 0 Å². The third-order valence-corrected chi connectivity index (χ3v) is 8.66. The van der Waals surface area contributed by atoms with Gasteiger partial charge >= 0.3 is 0 Å². The Hall–Kier alpha value is -4.18. The van der Waals surface area contributed by atoms with Crippen LogP contribution in [0.5, 0.6) is 0 Å². The average molecular weight is 557 g/mol. The van der Waals surface area contributed by atoms with Gasteiger partial charge in [0.25, 0.3) is 0 Å². The summed E-state index contributed by atoms with van der Waals surface area (Å²) in [4.78, 5) is 10.3. The van der Waals surface area contributed by atoms with Crippen LogP contribution in [0.4, 0.5) is 22.7 Å². The van der Waals surface area contributed by atoms with Crippen LogP contribution >= 0.6 is 0 Å². The first kappa shape index (κ1) is 28.0. The minimum atomic E-state index is 0.927. The normalized spacial score (nSPS) is 17.1. The first-order chi connectivity index (χ1) is 20.1. The highest BCUT2D eigenvalue weighted by atomic mass is 15.5. The Morgan fingerprint density at radius 2 is 0.690 bits per heavy atom. The molecule has 2 fully saturated rings. The summed E-state index contributed by atoms with van der Waals surface area (Å²) in [5.74, 6) is 2.51.